The van der Waals surface area contributed by atoms with E-state index in [1.165, 1.54) is 11.1 Å². The van der Waals surface area contributed by atoms with Crippen LogP contribution < -0.4 is 5.32 Å². The van der Waals surface area contributed by atoms with Crippen molar-refractivity contribution < 1.29 is 4.42 Å². The first-order valence-electron chi connectivity index (χ1n) is 7.08. The maximum absolute atomic E-state index is 5.22. The third-order valence-corrected chi connectivity index (χ3v) is 3.90. The molecule has 0 aliphatic rings. The number of rotatable bonds is 7. The van der Waals surface area contributed by atoms with Gasteiger partial charge in [-0.25, -0.2) is 0 Å². The second kappa shape index (κ2) is 6.58. The molecule has 19 heavy (non-hydrogen) atoms. The van der Waals surface area contributed by atoms with Gasteiger partial charge in [0.05, 0.1) is 12.5 Å². The Morgan fingerprint density at radius 2 is 1.89 bits per heavy atom. The van der Waals surface area contributed by atoms with Gasteiger partial charge in [0.1, 0.15) is 0 Å². The van der Waals surface area contributed by atoms with Crippen molar-refractivity contribution in [1.82, 2.24) is 5.32 Å². The van der Waals surface area contributed by atoms with Gasteiger partial charge in [-0.1, -0.05) is 44.2 Å². The summed E-state index contributed by atoms with van der Waals surface area (Å²) in [5.74, 6) is 0. The minimum Gasteiger partial charge on any atom is -0.472 e. The van der Waals surface area contributed by atoms with Crippen LogP contribution in [0.15, 0.2) is 53.3 Å². The molecule has 102 valence electrons. The predicted octanol–water partition coefficient (Wildman–Crippen LogP) is 3.78. The molecular formula is C17H23NO. The molecule has 2 aromatic rings. The summed E-state index contributed by atoms with van der Waals surface area (Å²) < 4.78 is 5.22. The molecule has 0 bridgehead atoms. The van der Waals surface area contributed by atoms with Crippen molar-refractivity contribution >= 4 is 0 Å². The summed E-state index contributed by atoms with van der Waals surface area (Å²) in [7, 11) is 0. The lowest BCUT2D eigenvalue weighted by Gasteiger charge is -2.33. The molecule has 2 nitrogen and oxygen atoms in total. The Morgan fingerprint density at radius 3 is 2.47 bits per heavy atom. The van der Waals surface area contributed by atoms with Crippen LogP contribution >= 0.6 is 0 Å². The fourth-order valence-corrected chi connectivity index (χ4v) is 2.66. The SMILES string of the molecule is CCNCC(CC)(Cc1ccoc1)c1ccccc1. The molecule has 2 heteroatoms. The Hall–Kier alpha value is -1.54. The van der Waals surface area contributed by atoms with E-state index in [0.29, 0.717) is 0 Å². The van der Waals surface area contributed by atoms with Crippen LogP contribution in [0.25, 0.3) is 0 Å². The Kier molecular flexibility index (Phi) is 4.80. The van der Waals surface area contributed by atoms with Crippen LogP contribution in [-0.2, 0) is 11.8 Å². The van der Waals surface area contributed by atoms with E-state index in [4.69, 9.17) is 4.42 Å². The van der Waals surface area contributed by atoms with Crippen LogP contribution in [0.3, 0.4) is 0 Å². The van der Waals surface area contributed by atoms with Gasteiger partial charge in [0.25, 0.3) is 0 Å². The lowest BCUT2D eigenvalue weighted by atomic mass is 9.73. The highest BCUT2D eigenvalue weighted by Gasteiger charge is 2.30. The molecule has 1 heterocycles. The van der Waals surface area contributed by atoms with Gasteiger partial charge in [-0.05, 0) is 36.6 Å². The zero-order valence-electron chi connectivity index (χ0n) is 11.9. The van der Waals surface area contributed by atoms with Crippen LogP contribution in [0.5, 0.6) is 0 Å². The molecule has 0 aliphatic heterocycles. The summed E-state index contributed by atoms with van der Waals surface area (Å²) in [6.45, 7) is 6.42. The topological polar surface area (TPSA) is 25.2 Å². The van der Waals surface area contributed by atoms with Gasteiger partial charge in [0.15, 0.2) is 0 Å². The van der Waals surface area contributed by atoms with E-state index in [1.807, 2.05) is 6.26 Å². The third-order valence-electron chi connectivity index (χ3n) is 3.90. The zero-order chi connectivity index (χ0) is 13.6. The molecule has 1 unspecified atom stereocenters. The van der Waals surface area contributed by atoms with Crippen LogP contribution in [0, 0.1) is 0 Å². The monoisotopic (exact) mass is 257 g/mol. The molecule has 1 aromatic heterocycles. The normalized spacial score (nSPS) is 14.2. The average molecular weight is 257 g/mol. The van der Waals surface area contributed by atoms with Crippen molar-refractivity contribution in [3.63, 3.8) is 0 Å². The highest BCUT2D eigenvalue weighted by molar-refractivity contribution is 5.29. The summed E-state index contributed by atoms with van der Waals surface area (Å²) in [6, 6.07) is 12.9. The lowest BCUT2D eigenvalue weighted by molar-refractivity contribution is 0.380. The van der Waals surface area contributed by atoms with E-state index < -0.39 is 0 Å². The highest BCUT2D eigenvalue weighted by Crippen LogP contribution is 2.31. The van der Waals surface area contributed by atoms with Crippen molar-refractivity contribution in [2.75, 3.05) is 13.1 Å². The summed E-state index contributed by atoms with van der Waals surface area (Å²) in [6.07, 6.45) is 5.74. The quantitative estimate of drug-likeness (QED) is 0.816. The third kappa shape index (κ3) is 3.27. The van der Waals surface area contributed by atoms with Crippen molar-refractivity contribution in [2.24, 2.45) is 0 Å². The van der Waals surface area contributed by atoms with Crippen molar-refractivity contribution in [2.45, 2.75) is 32.1 Å². The van der Waals surface area contributed by atoms with E-state index in [-0.39, 0.29) is 5.41 Å². The molecule has 2 rings (SSSR count). The van der Waals surface area contributed by atoms with Crippen LogP contribution in [0.2, 0.25) is 0 Å². The molecule has 1 atom stereocenters. The van der Waals surface area contributed by atoms with Crippen molar-refractivity contribution in [3.05, 3.63) is 60.1 Å². The number of likely N-dealkylation sites (N-methyl/N-ethyl adjacent to an activating group) is 1. The molecule has 0 saturated heterocycles. The minimum absolute atomic E-state index is 0.140. The second-order valence-electron chi connectivity index (χ2n) is 5.09. The standard InChI is InChI=1S/C17H23NO/c1-3-17(14-18-4-2,12-15-10-11-19-13-15)16-8-6-5-7-9-16/h5-11,13,18H,3-4,12,14H2,1-2H3. The van der Waals surface area contributed by atoms with E-state index in [1.54, 1.807) is 6.26 Å². The van der Waals surface area contributed by atoms with Crippen molar-refractivity contribution in [1.29, 1.82) is 0 Å². The molecule has 1 N–H and O–H groups in total. The first-order chi connectivity index (χ1) is 9.30. The Labute approximate surface area is 115 Å². The Balaban J connectivity index is 2.30. The molecule has 0 radical (unpaired) electrons. The van der Waals surface area contributed by atoms with Gasteiger partial charge >= 0.3 is 0 Å². The summed E-state index contributed by atoms with van der Waals surface area (Å²) in [4.78, 5) is 0. The van der Waals surface area contributed by atoms with Gasteiger partial charge in [0, 0.05) is 12.0 Å². The van der Waals surface area contributed by atoms with Gasteiger partial charge in [-0.3, -0.25) is 0 Å². The second-order valence-corrected chi connectivity index (χ2v) is 5.09. The maximum Gasteiger partial charge on any atom is 0.0934 e. The first-order valence-corrected chi connectivity index (χ1v) is 7.08. The van der Waals surface area contributed by atoms with Crippen LogP contribution in [-0.4, -0.2) is 13.1 Å². The highest BCUT2D eigenvalue weighted by atomic mass is 16.3. The fraction of sp³-hybridized carbons (Fsp3) is 0.412. The average Bonchev–Trinajstić information content (AvgIpc) is 2.97. The van der Waals surface area contributed by atoms with Gasteiger partial charge in [-0.15, -0.1) is 0 Å². The number of hydrogen-bond acceptors (Lipinski definition) is 2. The predicted molar refractivity (Wildman–Crippen MR) is 79.4 cm³/mol. The van der Waals surface area contributed by atoms with Gasteiger partial charge in [0.2, 0.25) is 0 Å². The number of furan rings is 1. The molecule has 0 amide bonds. The largest absolute Gasteiger partial charge is 0.472 e. The minimum atomic E-state index is 0.140. The van der Waals surface area contributed by atoms with E-state index in [2.05, 4.69) is 55.6 Å². The first kappa shape index (κ1) is 13.9. The number of hydrogen-bond donors (Lipinski definition) is 1. The number of nitrogens with one attached hydrogen (secondary N) is 1. The Bertz CT molecular complexity index is 463. The summed E-state index contributed by atoms with van der Waals surface area (Å²) in [5, 5.41) is 3.52. The van der Waals surface area contributed by atoms with Gasteiger partial charge < -0.3 is 9.73 Å². The smallest absolute Gasteiger partial charge is 0.0934 e. The summed E-state index contributed by atoms with van der Waals surface area (Å²) >= 11 is 0. The molecule has 0 spiro atoms. The van der Waals surface area contributed by atoms with Crippen molar-refractivity contribution in [3.8, 4) is 0 Å². The molecule has 1 aromatic carbocycles. The molecule has 0 fully saturated rings. The Morgan fingerprint density at radius 1 is 1.11 bits per heavy atom. The zero-order valence-corrected chi connectivity index (χ0v) is 11.9. The molecule has 0 saturated carbocycles. The summed E-state index contributed by atoms with van der Waals surface area (Å²) in [5.41, 5.74) is 2.81. The van der Waals surface area contributed by atoms with E-state index in [0.717, 1.165) is 25.9 Å². The van der Waals surface area contributed by atoms with E-state index >= 15 is 0 Å². The molecular weight excluding hydrogens is 234 g/mol. The maximum atomic E-state index is 5.22. The van der Waals surface area contributed by atoms with E-state index in [9.17, 15) is 0 Å². The lowest BCUT2D eigenvalue weighted by Crippen LogP contribution is -2.39. The van der Waals surface area contributed by atoms with Crippen LogP contribution in [0.1, 0.15) is 31.4 Å². The number of benzene rings is 1. The molecule has 0 aliphatic carbocycles. The van der Waals surface area contributed by atoms with Gasteiger partial charge in [-0.2, -0.15) is 0 Å². The van der Waals surface area contributed by atoms with Crippen LogP contribution in [0.4, 0.5) is 0 Å². The fourth-order valence-electron chi connectivity index (χ4n) is 2.66.